The molecule has 0 fully saturated rings. The molecule has 2 heterocycles. The molecular weight excluding hydrogens is 314 g/mol. The van der Waals surface area contributed by atoms with Gasteiger partial charge in [0.05, 0.1) is 23.4 Å². The van der Waals surface area contributed by atoms with Crippen molar-refractivity contribution in [2.45, 2.75) is 17.8 Å². The van der Waals surface area contributed by atoms with Crippen LogP contribution >= 0.6 is 11.8 Å². The predicted molar refractivity (Wildman–Crippen MR) is 88.1 cm³/mol. The molecule has 0 bridgehead atoms. The van der Waals surface area contributed by atoms with Crippen molar-refractivity contribution in [3.05, 3.63) is 41.9 Å². The number of fused-ring (bicyclic) bond motifs is 1. The molecule has 0 spiro atoms. The number of nitrogen functional groups attached to an aromatic ring is 1. The Balaban J connectivity index is 1.70. The lowest BCUT2D eigenvalue weighted by Gasteiger charge is -2.05. The van der Waals surface area contributed by atoms with Gasteiger partial charge < -0.3 is 15.5 Å². The summed E-state index contributed by atoms with van der Waals surface area (Å²) in [5.41, 5.74) is 7.87. The molecule has 3 rings (SSSR count). The topological polar surface area (TPSA) is 107 Å². The Bertz CT molecular complexity index is 816. The number of esters is 1. The van der Waals surface area contributed by atoms with Crippen LogP contribution in [0.3, 0.4) is 0 Å². The molecule has 23 heavy (non-hydrogen) atoms. The van der Waals surface area contributed by atoms with Crippen LogP contribution in [0.4, 0.5) is 5.82 Å². The quantitative estimate of drug-likeness (QED) is 0.546. The average Bonchev–Trinajstić information content (AvgIpc) is 2.96. The molecule has 0 atom stereocenters. The lowest BCUT2D eigenvalue weighted by atomic mass is 10.3. The van der Waals surface area contributed by atoms with Gasteiger partial charge in [-0.05, 0) is 19.1 Å². The van der Waals surface area contributed by atoms with E-state index in [-0.39, 0.29) is 18.0 Å². The molecule has 0 radical (unpaired) electrons. The summed E-state index contributed by atoms with van der Waals surface area (Å²) in [6, 6.07) is 7.80. The van der Waals surface area contributed by atoms with E-state index < -0.39 is 5.97 Å². The molecule has 0 saturated carbocycles. The number of para-hydroxylation sites is 2. The number of thioether (sulfide) groups is 1. The molecule has 0 unspecified atom stereocenters. The number of carbonyl (C=O) groups is 1. The number of H-pyrrole nitrogens is 1. The number of hydrogen-bond acceptors (Lipinski definition) is 7. The summed E-state index contributed by atoms with van der Waals surface area (Å²) in [7, 11) is 0. The van der Waals surface area contributed by atoms with Crippen molar-refractivity contribution < 1.29 is 9.53 Å². The maximum Gasteiger partial charge on any atom is 0.343 e. The number of rotatable bonds is 5. The molecule has 0 aliphatic rings. The van der Waals surface area contributed by atoms with Gasteiger partial charge in [-0.25, -0.2) is 19.7 Å². The van der Waals surface area contributed by atoms with Crippen molar-refractivity contribution >= 4 is 34.6 Å². The number of anilines is 1. The summed E-state index contributed by atoms with van der Waals surface area (Å²) >= 11 is 1.47. The maximum absolute atomic E-state index is 11.7. The Hall–Kier alpha value is -2.61. The van der Waals surface area contributed by atoms with Crippen molar-refractivity contribution in [3.8, 4) is 0 Å². The van der Waals surface area contributed by atoms with E-state index >= 15 is 0 Å². The summed E-state index contributed by atoms with van der Waals surface area (Å²) in [6.45, 7) is 2.01. The van der Waals surface area contributed by atoms with E-state index in [1.807, 2.05) is 24.3 Å². The third-order valence-electron chi connectivity index (χ3n) is 3.07. The number of benzene rings is 1. The normalized spacial score (nSPS) is 10.8. The molecule has 0 aliphatic heterocycles. The van der Waals surface area contributed by atoms with Crippen LogP contribution in [0.25, 0.3) is 11.0 Å². The van der Waals surface area contributed by atoms with Gasteiger partial charge in [0, 0.05) is 6.20 Å². The van der Waals surface area contributed by atoms with Gasteiger partial charge in [0.2, 0.25) is 0 Å². The van der Waals surface area contributed by atoms with Gasteiger partial charge in [-0.15, -0.1) is 0 Å². The van der Waals surface area contributed by atoms with E-state index in [1.54, 1.807) is 6.92 Å². The number of aromatic amines is 1. The number of nitrogens with zero attached hydrogens (tertiary/aromatic N) is 3. The number of ether oxygens (including phenoxy) is 1. The monoisotopic (exact) mass is 329 g/mol. The molecule has 3 N–H and O–H groups in total. The Labute approximate surface area is 136 Å². The van der Waals surface area contributed by atoms with E-state index in [4.69, 9.17) is 10.5 Å². The molecule has 1 aromatic carbocycles. The first-order valence-electron chi connectivity index (χ1n) is 7.03. The molecule has 118 valence electrons. The highest BCUT2D eigenvalue weighted by Crippen LogP contribution is 2.22. The minimum atomic E-state index is -0.513. The zero-order valence-electron chi connectivity index (χ0n) is 12.4. The second kappa shape index (κ2) is 6.66. The summed E-state index contributed by atoms with van der Waals surface area (Å²) in [5, 5.41) is 0.780. The van der Waals surface area contributed by atoms with Gasteiger partial charge in [0.1, 0.15) is 17.2 Å². The zero-order chi connectivity index (χ0) is 16.2. The number of imidazole rings is 1. The fourth-order valence-electron chi connectivity index (χ4n) is 2.00. The SMILES string of the molecule is CCOC(=O)c1cnc(CSc2nc3ccccc3[nH]2)nc1N. The fraction of sp³-hybridized carbons (Fsp3) is 0.200. The van der Waals surface area contributed by atoms with Crippen LogP contribution in [0.2, 0.25) is 0 Å². The van der Waals surface area contributed by atoms with Crippen LogP contribution in [0.1, 0.15) is 23.1 Å². The van der Waals surface area contributed by atoms with Crippen LogP contribution in [0.15, 0.2) is 35.6 Å². The second-order valence-corrected chi connectivity index (χ2v) is 5.62. The Morgan fingerprint density at radius 1 is 1.35 bits per heavy atom. The first-order valence-corrected chi connectivity index (χ1v) is 8.02. The van der Waals surface area contributed by atoms with Crippen LogP contribution in [0.5, 0.6) is 0 Å². The smallest absolute Gasteiger partial charge is 0.343 e. The summed E-state index contributed by atoms with van der Waals surface area (Å²) in [6.07, 6.45) is 1.40. The van der Waals surface area contributed by atoms with Gasteiger partial charge >= 0.3 is 5.97 Å². The largest absolute Gasteiger partial charge is 0.462 e. The first-order chi connectivity index (χ1) is 11.2. The standard InChI is InChI=1S/C15H15N5O2S/c1-2-22-14(21)9-7-17-12(20-13(9)16)8-23-15-18-10-5-3-4-6-11(10)19-15/h3-7H,2,8H2,1H3,(H,18,19)(H2,16,17,20). The van der Waals surface area contributed by atoms with Gasteiger partial charge in [0.15, 0.2) is 5.16 Å². The number of carbonyl (C=O) groups excluding carboxylic acids is 1. The second-order valence-electron chi connectivity index (χ2n) is 4.65. The number of aromatic nitrogens is 4. The molecule has 8 heteroatoms. The van der Waals surface area contributed by atoms with E-state index in [2.05, 4.69) is 19.9 Å². The van der Waals surface area contributed by atoms with Crippen LogP contribution in [-0.4, -0.2) is 32.5 Å². The average molecular weight is 329 g/mol. The van der Waals surface area contributed by atoms with Crippen molar-refractivity contribution in [2.24, 2.45) is 0 Å². The predicted octanol–water partition coefficient (Wildman–Crippen LogP) is 2.40. The van der Waals surface area contributed by atoms with E-state index in [0.717, 1.165) is 16.2 Å². The van der Waals surface area contributed by atoms with Crippen molar-refractivity contribution in [2.75, 3.05) is 12.3 Å². The molecule has 0 amide bonds. The highest BCUT2D eigenvalue weighted by atomic mass is 32.2. The summed E-state index contributed by atoms with van der Waals surface area (Å²) < 4.78 is 4.89. The maximum atomic E-state index is 11.7. The molecule has 7 nitrogen and oxygen atoms in total. The lowest BCUT2D eigenvalue weighted by Crippen LogP contribution is -2.11. The number of hydrogen-bond donors (Lipinski definition) is 2. The summed E-state index contributed by atoms with van der Waals surface area (Å²) in [4.78, 5) is 27.6. The minimum absolute atomic E-state index is 0.124. The minimum Gasteiger partial charge on any atom is -0.462 e. The first kappa shape index (κ1) is 15.3. The molecule has 2 aromatic heterocycles. The van der Waals surface area contributed by atoms with Crippen molar-refractivity contribution in [1.29, 1.82) is 0 Å². The van der Waals surface area contributed by atoms with Gasteiger partial charge in [0.25, 0.3) is 0 Å². The van der Waals surface area contributed by atoms with Crippen LogP contribution < -0.4 is 5.73 Å². The molecule has 0 aliphatic carbocycles. The fourth-order valence-corrected chi connectivity index (χ4v) is 2.75. The third kappa shape index (κ3) is 3.42. The number of nitrogens with two attached hydrogens (primary N) is 1. The van der Waals surface area contributed by atoms with Gasteiger partial charge in [-0.1, -0.05) is 23.9 Å². The third-order valence-corrected chi connectivity index (χ3v) is 3.94. The lowest BCUT2D eigenvalue weighted by molar-refractivity contribution is 0.0526. The molecular formula is C15H15N5O2S. The highest BCUT2D eigenvalue weighted by Gasteiger charge is 2.14. The highest BCUT2D eigenvalue weighted by molar-refractivity contribution is 7.98. The molecule has 3 aromatic rings. The van der Waals surface area contributed by atoms with Crippen molar-refractivity contribution in [3.63, 3.8) is 0 Å². The Morgan fingerprint density at radius 3 is 2.91 bits per heavy atom. The van der Waals surface area contributed by atoms with Crippen LogP contribution in [-0.2, 0) is 10.5 Å². The number of nitrogens with one attached hydrogen (secondary N) is 1. The Kier molecular flexibility index (Phi) is 4.42. The zero-order valence-corrected chi connectivity index (χ0v) is 13.3. The van der Waals surface area contributed by atoms with Gasteiger partial charge in [-0.3, -0.25) is 0 Å². The summed E-state index contributed by atoms with van der Waals surface area (Å²) in [5.74, 6) is 0.633. The van der Waals surface area contributed by atoms with E-state index in [0.29, 0.717) is 11.6 Å². The van der Waals surface area contributed by atoms with Crippen molar-refractivity contribution in [1.82, 2.24) is 19.9 Å². The van der Waals surface area contributed by atoms with E-state index in [9.17, 15) is 4.79 Å². The molecule has 0 saturated heterocycles. The Morgan fingerprint density at radius 2 is 2.17 bits per heavy atom. The van der Waals surface area contributed by atoms with Crippen LogP contribution in [0, 0.1) is 0 Å². The van der Waals surface area contributed by atoms with Gasteiger partial charge in [-0.2, -0.15) is 0 Å². The van der Waals surface area contributed by atoms with E-state index in [1.165, 1.54) is 18.0 Å².